The molecule has 2 amide bonds. The van der Waals surface area contributed by atoms with E-state index in [4.69, 9.17) is 10.5 Å². The molecule has 0 heterocycles. The van der Waals surface area contributed by atoms with Gasteiger partial charge in [0, 0.05) is 11.5 Å². The Morgan fingerprint density at radius 1 is 0.871 bits per heavy atom. The Labute approximate surface area is 187 Å². The minimum atomic E-state index is -0.842. The van der Waals surface area contributed by atoms with Crippen LogP contribution in [0.15, 0.2) is 60.7 Å². The number of carbonyl (C=O) groups excluding carboxylic acids is 3. The second kappa shape index (κ2) is 12.8. The molecule has 1 unspecified atom stereocenters. The van der Waals surface area contributed by atoms with Crippen LogP contribution in [0.1, 0.15) is 25.0 Å². The van der Waals surface area contributed by atoms with Gasteiger partial charge in [0.2, 0.25) is 11.8 Å². The highest BCUT2D eigenvalue weighted by atomic mass is 32.2. The molecule has 8 heteroatoms. The smallest absolute Gasteiger partial charge is 0.328 e. The zero-order valence-corrected chi connectivity index (χ0v) is 18.6. The van der Waals surface area contributed by atoms with Crippen molar-refractivity contribution < 1.29 is 19.1 Å². The Bertz CT molecular complexity index is 848. The summed E-state index contributed by atoms with van der Waals surface area (Å²) in [6.45, 7) is 3.20. The number of esters is 1. The van der Waals surface area contributed by atoms with E-state index in [0.29, 0.717) is 5.75 Å². The van der Waals surface area contributed by atoms with Gasteiger partial charge >= 0.3 is 5.97 Å². The second-order valence-electron chi connectivity index (χ2n) is 7.16. The van der Waals surface area contributed by atoms with Crippen molar-refractivity contribution in [3.63, 3.8) is 0 Å². The molecule has 7 nitrogen and oxygen atoms in total. The van der Waals surface area contributed by atoms with E-state index in [2.05, 4.69) is 10.6 Å². The molecule has 4 N–H and O–H groups in total. The van der Waals surface area contributed by atoms with E-state index >= 15 is 0 Å². The number of nitrogens with two attached hydrogens (primary N) is 1. The summed E-state index contributed by atoms with van der Waals surface area (Å²) in [5.41, 5.74) is 7.94. The fourth-order valence-electron chi connectivity index (χ4n) is 2.59. The van der Waals surface area contributed by atoms with Gasteiger partial charge < -0.3 is 21.1 Å². The first-order valence-corrected chi connectivity index (χ1v) is 11.2. The minimum Gasteiger partial charge on any atom is -0.459 e. The van der Waals surface area contributed by atoms with Crippen molar-refractivity contribution in [1.82, 2.24) is 10.6 Å². The van der Waals surface area contributed by atoms with Gasteiger partial charge in [-0.1, -0.05) is 60.7 Å². The first kappa shape index (κ1) is 24.4. The van der Waals surface area contributed by atoms with E-state index in [9.17, 15) is 14.4 Å². The summed E-state index contributed by atoms with van der Waals surface area (Å²) < 4.78 is 5.21. The number of ether oxygens (including phenoxy) is 1. The van der Waals surface area contributed by atoms with Gasteiger partial charge in [0.15, 0.2) is 0 Å². The summed E-state index contributed by atoms with van der Waals surface area (Å²) in [5, 5.41) is 5.14. The van der Waals surface area contributed by atoms with E-state index in [1.807, 2.05) is 60.7 Å². The number of benzene rings is 2. The van der Waals surface area contributed by atoms with Gasteiger partial charge in [-0.05, 0) is 25.0 Å². The predicted molar refractivity (Wildman–Crippen MR) is 122 cm³/mol. The SMILES string of the molecule is C[C@H](NC(=O)C(N)CSCc1ccccc1)C(=O)N[C@@H](C)C(=O)OCc1ccccc1. The molecule has 2 aromatic rings. The number of hydrogen-bond acceptors (Lipinski definition) is 6. The van der Waals surface area contributed by atoms with Crippen molar-refractivity contribution in [2.45, 2.75) is 44.3 Å². The van der Waals surface area contributed by atoms with Crippen LogP contribution in [0.3, 0.4) is 0 Å². The zero-order chi connectivity index (χ0) is 22.6. The molecule has 0 aliphatic rings. The molecule has 0 aliphatic heterocycles. The van der Waals surface area contributed by atoms with Gasteiger partial charge in [-0.3, -0.25) is 9.59 Å². The lowest BCUT2D eigenvalue weighted by atomic mass is 10.2. The zero-order valence-electron chi connectivity index (χ0n) is 17.7. The van der Waals surface area contributed by atoms with Crippen LogP contribution in [0.4, 0.5) is 0 Å². The molecule has 3 atom stereocenters. The average molecular weight is 444 g/mol. The number of nitrogens with one attached hydrogen (secondary N) is 2. The summed E-state index contributed by atoms with van der Waals surface area (Å²) in [4.78, 5) is 36.7. The third-order valence-electron chi connectivity index (χ3n) is 4.43. The van der Waals surface area contributed by atoms with Gasteiger partial charge in [-0.15, -0.1) is 0 Å². The van der Waals surface area contributed by atoms with Crippen LogP contribution in [0.2, 0.25) is 0 Å². The van der Waals surface area contributed by atoms with Crippen molar-refractivity contribution in [2.24, 2.45) is 5.73 Å². The maximum Gasteiger partial charge on any atom is 0.328 e. The van der Waals surface area contributed by atoms with Crippen molar-refractivity contribution >= 4 is 29.5 Å². The molecule has 166 valence electrons. The third-order valence-corrected chi connectivity index (χ3v) is 5.57. The van der Waals surface area contributed by atoms with Crippen LogP contribution in [0.5, 0.6) is 0 Å². The van der Waals surface area contributed by atoms with E-state index in [1.165, 1.54) is 6.92 Å². The Balaban J connectivity index is 1.69. The number of rotatable bonds is 11. The normalized spacial score (nSPS) is 13.5. The number of amides is 2. The molecule has 31 heavy (non-hydrogen) atoms. The van der Waals surface area contributed by atoms with Crippen LogP contribution in [-0.2, 0) is 31.5 Å². The molecule has 0 saturated heterocycles. The number of carbonyl (C=O) groups is 3. The largest absolute Gasteiger partial charge is 0.459 e. The summed E-state index contributed by atoms with van der Waals surface area (Å²) in [7, 11) is 0. The molecule has 0 aliphatic carbocycles. The van der Waals surface area contributed by atoms with Gasteiger partial charge in [0.05, 0.1) is 6.04 Å². The number of thioether (sulfide) groups is 1. The second-order valence-corrected chi connectivity index (χ2v) is 8.19. The molecule has 0 bridgehead atoms. The van der Waals surface area contributed by atoms with Gasteiger partial charge in [-0.25, -0.2) is 4.79 Å². The topological polar surface area (TPSA) is 111 Å². The molecule has 0 radical (unpaired) electrons. The van der Waals surface area contributed by atoms with Gasteiger partial charge in [0.1, 0.15) is 18.7 Å². The Kier molecular flexibility index (Phi) is 10.1. The third kappa shape index (κ3) is 8.82. The van der Waals surface area contributed by atoms with Crippen LogP contribution >= 0.6 is 11.8 Å². The Morgan fingerprint density at radius 3 is 2.03 bits per heavy atom. The molecule has 2 rings (SSSR count). The van der Waals surface area contributed by atoms with Crippen molar-refractivity contribution in [3.8, 4) is 0 Å². The highest BCUT2D eigenvalue weighted by Crippen LogP contribution is 2.12. The first-order valence-electron chi connectivity index (χ1n) is 10.1. The van der Waals surface area contributed by atoms with Crippen LogP contribution in [-0.4, -0.2) is 41.7 Å². The van der Waals surface area contributed by atoms with E-state index in [-0.39, 0.29) is 6.61 Å². The van der Waals surface area contributed by atoms with Crippen LogP contribution in [0.25, 0.3) is 0 Å². The van der Waals surface area contributed by atoms with Crippen molar-refractivity contribution in [1.29, 1.82) is 0 Å². The lowest BCUT2D eigenvalue weighted by molar-refractivity contribution is -0.148. The van der Waals surface area contributed by atoms with Gasteiger partial charge in [-0.2, -0.15) is 11.8 Å². The maximum atomic E-state index is 12.3. The van der Waals surface area contributed by atoms with Crippen LogP contribution < -0.4 is 16.4 Å². The van der Waals surface area contributed by atoms with E-state index in [1.54, 1.807) is 18.7 Å². The number of hydrogen-bond donors (Lipinski definition) is 3. The van der Waals surface area contributed by atoms with Crippen molar-refractivity contribution in [3.05, 3.63) is 71.8 Å². The quantitative estimate of drug-likeness (QED) is 0.458. The Hall–Kier alpha value is -2.84. The van der Waals surface area contributed by atoms with Gasteiger partial charge in [0.25, 0.3) is 0 Å². The average Bonchev–Trinajstić information content (AvgIpc) is 2.78. The monoisotopic (exact) mass is 443 g/mol. The highest BCUT2D eigenvalue weighted by Gasteiger charge is 2.23. The fourth-order valence-corrected chi connectivity index (χ4v) is 3.54. The minimum absolute atomic E-state index is 0.127. The molecular weight excluding hydrogens is 414 g/mol. The lowest BCUT2D eigenvalue weighted by Crippen LogP contribution is -2.53. The predicted octanol–water partition coefficient (Wildman–Crippen LogP) is 2.00. The van der Waals surface area contributed by atoms with Crippen LogP contribution in [0, 0.1) is 0 Å². The standard InChI is InChI=1S/C23H29N3O4S/c1-16(25-22(28)20(24)15-31-14-19-11-7-4-8-12-19)21(27)26-17(2)23(29)30-13-18-9-5-3-6-10-18/h3-12,16-17,20H,13-15,24H2,1-2H3,(H,25,28)(H,26,27)/t16-,17-,20?/m0/s1. The summed E-state index contributed by atoms with van der Waals surface area (Å²) >= 11 is 1.55. The Morgan fingerprint density at radius 2 is 1.42 bits per heavy atom. The summed E-state index contributed by atoms with van der Waals surface area (Å²) in [6.07, 6.45) is 0. The lowest BCUT2D eigenvalue weighted by Gasteiger charge is -2.19. The molecule has 2 aromatic carbocycles. The van der Waals surface area contributed by atoms with E-state index < -0.39 is 35.9 Å². The fraction of sp³-hybridized carbons (Fsp3) is 0.348. The maximum absolute atomic E-state index is 12.3. The summed E-state index contributed by atoms with van der Waals surface area (Å²) in [6, 6.07) is 16.7. The van der Waals surface area contributed by atoms with E-state index in [0.717, 1.165) is 16.9 Å². The molecule has 0 saturated carbocycles. The van der Waals surface area contributed by atoms with Crippen molar-refractivity contribution in [2.75, 3.05) is 5.75 Å². The summed E-state index contributed by atoms with van der Waals surface area (Å²) in [5.74, 6) is -0.272. The molecular formula is C23H29N3O4S. The molecule has 0 spiro atoms. The molecule has 0 fully saturated rings. The highest BCUT2D eigenvalue weighted by molar-refractivity contribution is 7.98. The first-order chi connectivity index (χ1) is 14.9. The molecule has 0 aromatic heterocycles.